The quantitative estimate of drug-likeness (QED) is 0.697. The van der Waals surface area contributed by atoms with Crippen LogP contribution in [0.4, 0.5) is 0 Å². The van der Waals surface area contributed by atoms with E-state index in [-0.39, 0.29) is 21.0 Å². The molecule has 0 spiro atoms. The van der Waals surface area contributed by atoms with E-state index in [1.54, 1.807) is 6.20 Å². The average molecular weight is 378 g/mol. The summed E-state index contributed by atoms with van der Waals surface area (Å²) < 4.78 is 23.5. The lowest BCUT2D eigenvalue weighted by Gasteiger charge is -2.01. The molecule has 116 valence electrons. The van der Waals surface area contributed by atoms with Crippen molar-refractivity contribution < 1.29 is 8.42 Å². The van der Waals surface area contributed by atoms with Crippen LogP contribution in [0.15, 0.2) is 26.1 Å². The summed E-state index contributed by atoms with van der Waals surface area (Å²) in [5.74, 6) is 0. The molecule has 3 aromatic heterocycles. The Balaban J connectivity index is 2.20. The van der Waals surface area contributed by atoms with Gasteiger partial charge in [-0.3, -0.25) is 14.3 Å². The van der Waals surface area contributed by atoms with Crippen molar-refractivity contribution in [3.8, 4) is 0 Å². The van der Waals surface area contributed by atoms with Crippen molar-refractivity contribution >= 4 is 52.6 Å². The van der Waals surface area contributed by atoms with E-state index in [1.807, 2.05) is 6.92 Å². The maximum absolute atomic E-state index is 12.4. The smallest absolute Gasteiger partial charge is 0.298 e. The third kappa shape index (κ3) is 2.74. The van der Waals surface area contributed by atoms with Crippen LogP contribution in [0, 0.1) is 6.92 Å². The highest BCUT2D eigenvalue weighted by Gasteiger charge is 2.18. The Labute approximate surface area is 136 Å². The van der Waals surface area contributed by atoms with Crippen LogP contribution in [0.25, 0.3) is 10.2 Å². The number of nitrogens with one attached hydrogen (secondary N) is 1. The molecule has 0 bridgehead atoms. The normalized spacial score (nSPS) is 12.1. The van der Waals surface area contributed by atoms with Crippen LogP contribution in [0.2, 0.25) is 0 Å². The van der Waals surface area contributed by atoms with Crippen molar-refractivity contribution in [3.63, 3.8) is 0 Å². The molecule has 0 saturated heterocycles. The molecule has 0 fully saturated rings. The number of thiazole rings is 1. The van der Waals surface area contributed by atoms with Crippen LogP contribution in [-0.2, 0) is 15.6 Å². The number of aromatic amines is 1. The molecule has 22 heavy (non-hydrogen) atoms. The third-order valence-electron chi connectivity index (χ3n) is 2.87. The highest BCUT2D eigenvalue weighted by molar-refractivity contribution is 8.15. The first-order valence-corrected chi connectivity index (χ1v) is 9.82. The summed E-state index contributed by atoms with van der Waals surface area (Å²) in [6, 6.07) is 1.18. The zero-order valence-corrected chi connectivity index (χ0v) is 14.2. The van der Waals surface area contributed by atoms with E-state index >= 15 is 0 Å². The fourth-order valence-corrected chi connectivity index (χ4v) is 4.80. The molecule has 11 heteroatoms. The summed E-state index contributed by atoms with van der Waals surface area (Å²) >= 11 is 2.13. The molecule has 0 atom stereocenters. The maximum Gasteiger partial charge on any atom is 0.329 e. The van der Waals surface area contributed by atoms with Crippen LogP contribution in [0.1, 0.15) is 9.88 Å². The van der Waals surface area contributed by atoms with Gasteiger partial charge in [0.05, 0.1) is 16.9 Å². The van der Waals surface area contributed by atoms with Crippen molar-refractivity contribution in [2.75, 3.05) is 0 Å². The van der Waals surface area contributed by atoms with Crippen LogP contribution in [0.3, 0.4) is 0 Å². The maximum atomic E-state index is 12.4. The Hall–Kier alpha value is -1.49. The van der Waals surface area contributed by atoms with Crippen LogP contribution in [0.5, 0.6) is 0 Å². The molecule has 0 aliphatic rings. The van der Waals surface area contributed by atoms with Crippen molar-refractivity contribution in [2.24, 2.45) is 0 Å². The fraction of sp³-hybridized carbons (Fsp3) is 0.182. The van der Waals surface area contributed by atoms with E-state index in [4.69, 9.17) is 10.7 Å². The monoisotopic (exact) mass is 377 g/mol. The predicted octanol–water partition coefficient (Wildman–Crippen LogP) is 1.49. The molecule has 0 aliphatic carbocycles. The summed E-state index contributed by atoms with van der Waals surface area (Å²) in [7, 11) is 1.32. The van der Waals surface area contributed by atoms with Crippen molar-refractivity contribution in [1.82, 2.24) is 14.5 Å². The van der Waals surface area contributed by atoms with Gasteiger partial charge in [0, 0.05) is 21.8 Å². The third-order valence-corrected chi connectivity index (χ3v) is 6.90. The summed E-state index contributed by atoms with van der Waals surface area (Å²) in [4.78, 5) is 32.0. The number of thiophene rings is 1. The molecule has 3 rings (SSSR count). The first kappa shape index (κ1) is 15.4. The van der Waals surface area contributed by atoms with Gasteiger partial charge in [-0.15, -0.1) is 22.7 Å². The van der Waals surface area contributed by atoms with E-state index in [9.17, 15) is 18.0 Å². The average Bonchev–Trinajstić information content (AvgIpc) is 3.00. The highest BCUT2D eigenvalue weighted by atomic mass is 35.7. The molecule has 0 saturated carbocycles. The molecule has 3 heterocycles. The van der Waals surface area contributed by atoms with Crippen molar-refractivity contribution in [1.29, 1.82) is 0 Å². The Bertz CT molecular complexity index is 1090. The molecular weight excluding hydrogens is 370 g/mol. The lowest BCUT2D eigenvalue weighted by molar-refractivity contribution is 0.611. The Morgan fingerprint density at radius 1 is 1.36 bits per heavy atom. The fourth-order valence-electron chi connectivity index (χ4n) is 1.92. The second-order valence-corrected chi connectivity index (χ2v) is 9.58. The summed E-state index contributed by atoms with van der Waals surface area (Å²) in [6.07, 6.45) is 1.60. The van der Waals surface area contributed by atoms with Gasteiger partial charge in [-0.25, -0.2) is 18.2 Å². The zero-order chi connectivity index (χ0) is 16.1. The number of aryl methyl sites for hydroxylation is 1. The van der Waals surface area contributed by atoms with E-state index in [0.29, 0.717) is 0 Å². The minimum atomic E-state index is -3.95. The summed E-state index contributed by atoms with van der Waals surface area (Å²) in [5.41, 5.74) is -1.17. The van der Waals surface area contributed by atoms with Crippen LogP contribution < -0.4 is 11.2 Å². The second-order valence-electron chi connectivity index (χ2n) is 4.41. The van der Waals surface area contributed by atoms with Crippen LogP contribution >= 0.6 is 33.4 Å². The van der Waals surface area contributed by atoms with Crippen molar-refractivity contribution in [3.05, 3.63) is 43.0 Å². The van der Waals surface area contributed by atoms with Gasteiger partial charge < -0.3 is 0 Å². The molecule has 0 unspecified atom stereocenters. The molecule has 3 aromatic rings. The molecule has 0 amide bonds. The molecule has 0 radical (unpaired) electrons. The number of hydrogen-bond donors (Lipinski definition) is 1. The number of H-pyrrole nitrogens is 1. The second kappa shape index (κ2) is 5.30. The topological polar surface area (TPSA) is 102 Å². The largest absolute Gasteiger partial charge is 0.329 e. The van der Waals surface area contributed by atoms with E-state index in [0.717, 1.165) is 25.8 Å². The van der Waals surface area contributed by atoms with Gasteiger partial charge in [-0.05, 0) is 13.0 Å². The summed E-state index contributed by atoms with van der Waals surface area (Å²) in [6.45, 7) is 1.90. The Morgan fingerprint density at radius 3 is 2.68 bits per heavy atom. The number of nitrogens with zero attached hydrogens (tertiary/aromatic N) is 2. The highest BCUT2D eigenvalue weighted by Crippen LogP contribution is 2.27. The van der Waals surface area contributed by atoms with Gasteiger partial charge >= 0.3 is 5.69 Å². The first-order valence-electron chi connectivity index (χ1n) is 5.88. The Kier molecular flexibility index (Phi) is 3.71. The lowest BCUT2D eigenvalue weighted by atomic mass is 10.4. The van der Waals surface area contributed by atoms with E-state index in [1.165, 1.54) is 17.4 Å². The molecular formula is C11H8ClN3O4S3. The molecule has 1 N–H and O–H groups in total. The van der Waals surface area contributed by atoms with Gasteiger partial charge in [-0.2, -0.15) is 0 Å². The van der Waals surface area contributed by atoms with Crippen LogP contribution in [-0.4, -0.2) is 23.0 Å². The van der Waals surface area contributed by atoms with Crippen molar-refractivity contribution in [2.45, 2.75) is 17.7 Å². The Morgan fingerprint density at radius 2 is 2.09 bits per heavy atom. The molecule has 7 nitrogen and oxygen atoms in total. The minimum Gasteiger partial charge on any atom is -0.298 e. The number of hydrogen-bond acceptors (Lipinski definition) is 7. The standard InChI is InChI=1S/C11H8ClN3O4S3/c1-5-13-3-6(20-5)4-15-10(16)7-2-8(22(12,18)19)21-9(7)14-11(15)17/h2-3H,4H2,1H3,(H,14,17). The van der Waals surface area contributed by atoms with E-state index < -0.39 is 20.3 Å². The van der Waals surface area contributed by atoms with Gasteiger partial charge in [0.15, 0.2) is 0 Å². The predicted molar refractivity (Wildman–Crippen MR) is 85.7 cm³/mol. The molecule has 0 aromatic carbocycles. The van der Waals surface area contributed by atoms with Gasteiger partial charge in [0.25, 0.3) is 14.6 Å². The number of aromatic nitrogens is 3. The summed E-state index contributed by atoms with van der Waals surface area (Å²) in [5, 5.41) is 0.941. The lowest BCUT2D eigenvalue weighted by Crippen LogP contribution is -2.34. The molecule has 0 aliphatic heterocycles. The number of rotatable bonds is 3. The number of fused-ring (bicyclic) bond motifs is 1. The van der Waals surface area contributed by atoms with Gasteiger partial charge in [-0.1, -0.05) is 0 Å². The zero-order valence-electron chi connectivity index (χ0n) is 11.0. The SMILES string of the molecule is Cc1ncc(Cn2c(=O)[nH]c3sc(S(=O)(=O)Cl)cc3c2=O)s1. The van der Waals surface area contributed by atoms with Gasteiger partial charge in [0.1, 0.15) is 9.04 Å². The van der Waals surface area contributed by atoms with Gasteiger partial charge in [0.2, 0.25) is 0 Å². The first-order chi connectivity index (χ1) is 10.3. The van der Waals surface area contributed by atoms with E-state index in [2.05, 4.69) is 9.97 Å². The minimum absolute atomic E-state index is 0.0778. The number of halogens is 1.